The van der Waals surface area contributed by atoms with Gasteiger partial charge in [0.2, 0.25) is 5.91 Å². The van der Waals surface area contributed by atoms with Crippen LogP contribution in [0.1, 0.15) is 19.8 Å². The molecule has 0 bridgehead atoms. The van der Waals surface area contributed by atoms with Crippen LogP contribution >= 0.6 is 0 Å². The number of methoxy groups -OCH3 is 2. The minimum Gasteiger partial charge on any atom is -0.467 e. The Morgan fingerprint density at radius 1 is 1.36 bits per heavy atom. The largest absolute Gasteiger partial charge is 0.467 e. The van der Waals surface area contributed by atoms with Gasteiger partial charge in [-0.25, -0.2) is 4.79 Å². The van der Waals surface area contributed by atoms with Crippen LogP contribution in [0.5, 0.6) is 0 Å². The number of ether oxygens (including phenoxy) is 2. The Balaban J connectivity index is 3.65. The lowest BCUT2D eigenvalue weighted by Crippen LogP contribution is -2.39. The standard InChI is InChI=1S/C9H17NO4/c1-7(9(12)14-3)10-8(11)5-4-6-13-2/h7H,4-6H2,1-3H3,(H,10,11). The summed E-state index contributed by atoms with van der Waals surface area (Å²) in [6, 6.07) is -0.588. The smallest absolute Gasteiger partial charge is 0.328 e. The average Bonchev–Trinajstić information content (AvgIpc) is 2.16. The molecule has 0 fully saturated rings. The fraction of sp³-hybridized carbons (Fsp3) is 0.778. The summed E-state index contributed by atoms with van der Waals surface area (Å²) in [5, 5.41) is 2.52. The van der Waals surface area contributed by atoms with Gasteiger partial charge < -0.3 is 14.8 Å². The number of rotatable bonds is 6. The van der Waals surface area contributed by atoms with Gasteiger partial charge in [0, 0.05) is 20.1 Å². The minimum absolute atomic E-state index is 0.167. The van der Waals surface area contributed by atoms with Crippen molar-refractivity contribution < 1.29 is 19.1 Å². The predicted octanol–water partition coefficient (Wildman–Crippen LogP) is 0.0907. The minimum atomic E-state index is -0.588. The highest BCUT2D eigenvalue weighted by Gasteiger charge is 2.14. The van der Waals surface area contributed by atoms with E-state index in [9.17, 15) is 9.59 Å². The normalized spacial score (nSPS) is 11.9. The van der Waals surface area contributed by atoms with Crippen LogP contribution in [0.4, 0.5) is 0 Å². The summed E-state index contributed by atoms with van der Waals surface area (Å²) < 4.78 is 9.25. The molecule has 5 nitrogen and oxygen atoms in total. The van der Waals surface area contributed by atoms with Crippen molar-refractivity contribution in [2.75, 3.05) is 20.8 Å². The number of amides is 1. The van der Waals surface area contributed by atoms with Crippen LogP contribution < -0.4 is 5.32 Å². The van der Waals surface area contributed by atoms with E-state index in [-0.39, 0.29) is 5.91 Å². The van der Waals surface area contributed by atoms with Gasteiger partial charge in [-0.1, -0.05) is 0 Å². The molecule has 82 valence electrons. The molecule has 0 saturated carbocycles. The van der Waals surface area contributed by atoms with Gasteiger partial charge in [0.05, 0.1) is 7.11 Å². The first-order chi connectivity index (χ1) is 6.61. The number of esters is 1. The molecule has 0 spiro atoms. The van der Waals surface area contributed by atoms with E-state index in [4.69, 9.17) is 4.74 Å². The fourth-order valence-corrected chi connectivity index (χ4v) is 0.926. The quantitative estimate of drug-likeness (QED) is 0.491. The SMILES string of the molecule is COCCCC(=O)NC(C)C(=O)OC. The van der Waals surface area contributed by atoms with Crippen molar-refractivity contribution in [1.82, 2.24) is 5.32 Å². The summed E-state index contributed by atoms with van der Waals surface area (Å²) in [4.78, 5) is 22.1. The van der Waals surface area contributed by atoms with E-state index >= 15 is 0 Å². The van der Waals surface area contributed by atoms with Gasteiger partial charge in [-0.15, -0.1) is 0 Å². The van der Waals surface area contributed by atoms with Gasteiger partial charge in [-0.3, -0.25) is 4.79 Å². The van der Waals surface area contributed by atoms with Gasteiger partial charge in [-0.05, 0) is 13.3 Å². The van der Waals surface area contributed by atoms with Crippen LogP contribution in [0.25, 0.3) is 0 Å². The molecule has 1 unspecified atom stereocenters. The summed E-state index contributed by atoms with van der Waals surface area (Å²) >= 11 is 0. The van der Waals surface area contributed by atoms with E-state index < -0.39 is 12.0 Å². The average molecular weight is 203 g/mol. The number of nitrogens with one attached hydrogen (secondary N) is 1. The van der Waals surface area contributed by atoms with Crippen LogP contribution in [-0.2, 0) is 19.1 Å². The Morgan fingerprint density at radius 2 is 2.00 bits per heavy atom. The van der Waals surface area contributed by atoms with Gasteiger partial charge in [-0.2, -0.15) is 0 Å². The summed E-state index contributed by atoms with van der Waals surface area (Å²) in [5.74, 6) is -0.606. The van der Waals surface area contributed by atoms with Crippen LogP contribution in [0.2, 0.25) is 0 Å². The molecule has 1 atom stereocenters. The molecule has 0 aromatic rings. The molecule has 0 aliphatic rings. The third-order valence-corrected chi connectivity index (χ3v) is 1.68. The molecule has 5 heteroatoms. The van der Waals surface area contributed by atoms with Gasteiger partial charge in [0.1, 0.15) is 6.04 Å². The monoisotopic (exact) mass is 203 g/mol. The zero-order chi connectivity index (χ0) is 11.0. The Bertz CT molecular complexity index is 193. The maximum atomic E-state index is 11.2. The molecule has 0 aliphatic carbocycles. The zero-order valence-electron chi connectivity index (χ0n) is 8.83. The second kappa shape index (κ2) is 7.32. The molecule has 0 saturated heterocycles. The maximum Gasteiger partial charge on any atom is 0.328 e. The fourth-order valence-electron chi connectivity index (χ4n) is 0.926. The predicted molar refractivity (Wildman–Crippen MR) is 50.7 cm³/mol. The second-order valence-electron chi connectivity index (χ2n) is 2.91. The van der Waals surface area contributed by atoms with Crippen molar-refractivity contribution in [2.24, 2.45) is 0 Å². The Hall–Kier alpha value is -1.10. The molecule has 0 aromatic heterocycles. The van der Waals surface area contributed by atoms with Crippen molar-refractivity contribution >= 4 is 11.9 Å². The summed E-state index contributed by atoms with van der Waals surface area (Å²) in [7, 11) is 2.87. The third kappa shape index (κ3) is 5.53. The van der Waals surface area contributed by atoms with Gasteiger partial charge in [0.25, 0.3) is 0 Å². The van der Waals surface area contributed by atoms with E-state index in [0.29, 0.717) is 19.4 Å². The third-order valence-electron chi connectivity index (χ3n) is 1.68. The summed E-state index contributed by atoms with van der Waals surface area (Å²) in [6.45, 7) is 2.13. The topological polar surface area (TPSA) is 64.6 Å². The first-order valence-corrected chi connectivity index (χ1v) is 4.48. The van der Waals surface area contributed by atoms with Crippen LogP contribution in [-0.4, -0.2) is 38.7 Å². The second-order valence-corrected chi connectivity index (χ2v) is 2.91. The van der Waals surface area contributed by atoms with E-state index in [2.05, 4.69) is 10.1 Å². The lowest BCUT2D eigenvalue weighted by Gasteiger charge is -2.10. The van der Waals surface area contributed by atoms with Crippen LogP contribution in [0.3, 0.4) is 0 Å². The molecule has 0 rings (SSSR count). The summed E-state index contributed by atoms with van der Waals surface area (Å²) in [6.07, 6.45) is 1.01. The van der Waals surface area contributed by atoms with Crippen LogP contribution in [0.15, 0.2) is 0 Å². The molecule has 0 aromatic carbocycles. The first kappa shape index (κ1) is 12.9. The number of hydrogen-bond acceptors (Lipinski definition) is 4. The molecule has 0 aliphatic heterocycles. The molecule has 0 radical (unpaired) electrons. The highest BCUT2D eigenvalue weighted by atomic mass is 16.5. The highest BCUT2D eigenvalue weighted by Crippen LogP contribution is 1.92. The molecular weight excluding hydrogens is 186 g/mol. The van der Waals surface area contributed by atoms with Crippen molar-refractivity contribution in [1.29, 1.82) is 0 Å². The van der Waals surface area contributed by atoms with Crippen molar-refractivity contribution in [3.63, 3.8) is 0 Å². The molecule has 1 N–H and O–H groups in total. The Kier molecular flexibility index (Phi) is 6.74. The lowest BCUT2D eigenvalue weighted by molar-refractivity contribution is -0.144. The number of carbonyl (C=O) groups excluding carboxylic acids is 2. The number of carbonyl (C=O) groups is 2. The Morgan fingerprint density at radius 3 is 2.50 bits per heavy atom. The van der Waals surface area contributed by atoms with Crippen molar-refractivity contribution in [3.05, 3.63) is 0 Å². The Labute approximate surface area is 83.8 Å². The molecule has 0 heterocycles. The van der Waals surface area contributed by atoms with E-state index in [1.165, 1.54) is 7.11 Å². The van der Waals surface area contributed by atoms with Crippen molar-refractivity contribution in [2.45, 2.75) is 25.8 Å². The van der Waals surface area contributed by atoms with Gasteiger partial charge >= 0.3 is 5.97 Å². The van der Waals surface area contributed by atoms with E-state index in [0.717, 1.165) is 0 Å². The molecule has 14 heavy (non-hydrogen) atoms. The van der Waals surface area contributed by atoms with Gasteiger partial charge in [0.15, 0.2) is 0 Å². The van der Waals surface area contributed by atoms with Crippen LogP contribution in [0, 0.1) is 0 Å². The first-order valence-electron chi connectivity index (χ1n) is 4.48. The number of hydrogen-bond donors (Lipinski definition) is 1. The molecule has 1 amide bonds. The lowest BCUT2D eigenvalue weighted by atomic mass is 10.2. The molecular formula is C9H17NO4. The zero-order valence-corrected chi connectivity index (χ0v) is 8.83. The summed E-state index contributed by atoms with van der Waals surface area (Å²) in [5.41, 5.74) is 0. The van der Waals surface area contributed by atoms with E-state index in [1.54, 1.807) is 14.0 Å². The highest BCUT2D eigenvalue weighted by molar-refractivity contribution is 5.83. The van der Waals surface area contributed by atoms with Crippen molar-refractivity contribution in [3.8, 4) is 0 Å². The van der Waals surface area contributed by atoms with E-state index in [1.807, 2.05) is 0 Å². The maximum absolute atomic E-state index is 11.2.